The Morgan fingerprint density at radius 1 is 0.902 bits per heavy atom. The molecule has 4 aromatic carbocycles. The minimum Gasteiger partial charge on any atom is -0.351 e. The van der Waals surface area contributed by atoms with Crippen LogP contribution in [0, 0.1) is 0 Å². The van der Waals surface area contributed by atoms with Crippen LogP contribution in [-0.2, 0) is 17.6 Å². The fraction of sp³-hybridized carbons (Fsp3) is 0.167. The van der Waals surface area contributed by atoms with Crippen molar-refractivity contribution in [1.82, 2.24) is 5.32 Å². The number of fused-ring (bicyclic) bond motifs is 1. The van der Waals surface area contributed by atoms with Crippen molar-refractivity contribution in [2.24, 2.45) is 0 Å². The molecule has 1 aliphatic rings. The number of benzene rings is 4. The average molecular weight is 559 g/mol. The van der Waals surface area contributed by atoms with Gasteiger partial charge in [0.1, 0.15) is 0 Å². The minimum atomic E-state index is -0.398. The molecule has 2 amide bonds. The van der Waals surface area contributed by atoms with Gasteiger partial charge in [-0.05, 0) is 83.0 Å². The van der Waals surface area contributed by atoms with Crippen LogP contribution in [0.15, 0.2) is 103 Å². The zero-order chi connectivity index (χ0) is 28.6. The molecule has 4 nitrogen and oxygen atoms in total. The molecule has 4 aromatic rings. The van der Waals surface area contributed by atoms with Gasteiger partial charge in [-0.25, -0.2) is 0 Å². The predicted molar refractivity (Wildman–Crippen MR) is 173 cm³/mol. The summed E-state index contributed by atoms with van der Waals surface area (Å²) in [7, 11) is 0. The second-order valence-corrected chi connectivity index (χ2v) is 10.7. The molecule has 206 valence electrons. The maximum atomic E-state index is 13.7. The van der Waals surface area contributed by atoms with Gasteiger partial charge in [0.05, 0.1) is 5.92 Å². The summed E-state index contributed by atoms with van der Waals surface area (Å²) >= 11 is 4.15. The van der Waals surface area contributed by atoms with E-state index >= 15 is 0 Å². The molecule has 1 atom stereocenters. The summed E-state index contributed by atoms with van der Waals surface area (Å²) in [4.78, 5) is 26.0. The molecule has 5 heteroatoms. The Morgan fingerprint density at radius 3 is 2.32 bits per heavy atom. The SMILES string of the molecule is C/C=C/c1ccc(C(Cc2ccc(C(=O)NCCS)cc2)C(=O)Nc2ccc(C3=Cc4ccccc4C3)cc2)cc1. The molecule has 5 rings (SSSR count). The molecular weight excluding hydrogens is 524 g/mol. The van der Waals surface area contributed by atoms with Crippen molar-refractivity contribution in [2.45, 2.75) is 25.7 Å². The van der Waals surface area contributed by atoms with Crippen LogP contribution < -0.4 is 10.6 Å². The number of anilines is 1. The zero-order valence-electron chi connectivity index (χ0n) is 23.1. The number of nitrogens with one attached hydrogen (secondary N) is 2. The number of carbonyl (C=O) groups excluding carboxylic acids is 2. The lowest BCUT2D eigenvalue weighted by atomic mass is 9.90. The molecule has 0 fully saturated rings. The molecule has 0 radical (unpaired) electrons. The van der Waals surface area contributed by atoms with Crippen LogP contribution in [0.5, 0.6) is 0 Å². The number of hydrogen-bond acceptors (Lipinski definition) is 3. The van der Waals surface area contributed by atoms with Crippen LogP contribution in [0.4, 0.5) is 5.69 Å². The van der Waals surface area contributed by atoms with Crippen LogP contribution in [-0.4, -0.2) is 24.1 Å². The third-order valence-electron chi connectivity index (χ3n) is 7.36. The summed E-state index contributed by atoms with van der Waals surface area (Å²) in [5.41, 5.74) is 9.43. The number of hydrogen-bond donors (Lipinski definition) is 3. The van der Waals surface area contributed by atoms with Gasteiger partial charge in [0.2, 0.25) is 5.91 Å². The largest absolute Gasteiger partial charge is 0.351 e. The predicted octanol–water partition coefficient (Wildman–Crippen LogP) is 7.44. The first-order valence-corrected chi connectivity index (χ1v) is 14.6. The maximum Gasteiger partial charge on any atom is 0.251 e. The summed E-state index contributed by atoms with van der Waals surface area (Å²) in [5.74, 6) is -0.00697. The van der Waals surface area contributed by atoms with E-state index in [9.17, 15) is 9.59 Å². The van der Waals surface area contributed by atoms with Crippen LogP contribution >= 0.6 is 12.6 Å². The number of carbonyl (C=O) groups is 2. The molecule has 1 aliphatic carbocycles. The summed E-state index contributed by atoms with van der Waals surface area (Å²) in [6, 6.07) is 32.1. The third kappa shape index (κ3) is 7.05. The van der Waals surface area contributed by atoms with Gasteiger partial charge >= 0.3 is 0 Å². The van der Waals surface area contributed by atoms with Crippen molar-refractivity contribution in [3.05, 3.63) is 142 Å². The summed E-state index contributed by atoms with van der Waals surface area (Å²) < 4.78 is 0. The molecule has 0 bridgehead atoms. The Morgan fingerprint density at radius 2 is 1.63 bits per heavy atom. The van der Waals surface area contributed by atoms with Crippen molar-refractivity contribution < 1.29 is 9.59 Å². The quantitative estimate of drug-likeness (QED) is 0.177. The van der Waals surface area contributed by atoms with E-state index in [2.05, 4.69) is 65.7 Å². The van der Waals surface area contributed by atoms with E-state index in [4.69, 9.17) is 0 Å². The van der Waals surface area contributed by atoms with Gasteiger partial charge in [-0.1, -0.05) is 91.0 Å². The molecule has 41 heavy (non-hydrogen) atoms. The van der Waals surface area contributed by atoms with E-state index in [1.807, 2.05) is 79.7 Å². The second kappa shape index (κ2) is 13.3. The smallest absolute Gasteiger partial charge is 0.251 e. The molecule has 0 aromatic heterocycles. The minimum absolute atomic E-state index is 0.0698. The zero-order valence-corrected chi connectivity index (χ0v) is 24.0. The first-order chi connectivity index (χ1) is 20.0. The van der Waals surface area contributed by atoms with Crippen LogP contribution in [0.25, 0.3) is 17.7 Å². The lowest BCUT2D eigenvalue weighted by Crippen LogP contribution is -2.25. The van der Waals surface area contributed by atoms with Gasteiger partial charge in [0.15, 0.2) is 0 Å². The highest BCUT2D eigenvalue weighted by atomic mass is 32.1. The molecule has 0 heterocycles. The number of amides is 2. The molecule has 0 saturated carbocycles. The van der Waals surface area contributed by atoms with E-state index in [1.54, 1.807) is 0 Å². The van der Waals surface area contributed by atoms with Gasteiger partial charge in [-0.15, -0.1) is 0 Å². The van der Waals surface area contributed by atoms with E-state index in [-0.39, 0.29) is 11.8 Å². The Hall–Kier alpha value is -4.35. The molecule has 2 N–H and O–H groups in total. The monoisotopic (exact) mass is 558 g/mol. The summed E-state index contributed by atoms with van der Waals surface area (Å²) in [6.45, 7) is 2.50. The first kappa shape index (κ1) is 28.2. The van der Waals surface area contributed by atoms with Gasteiger partial charge in [-0.2, -0.15) is 12.6 Å². The Balaban J connectivity index is 1.32. The molecule has 1 unspecified atom stereocenters. The molecule has 0 aliphatic heterocycles. The summed E-state index contributed by atoms with van der Waals surface area (Å²) in [5, 5.41) is 5.98. The highest BCUT2D eigenvalue weighted by molar-refractivity contribution is 7.80. The van der Waals surface area contributed by atoms with Crippen LogP contribution in [0.3, 0.4) is 0 Å². The fourth-order valence-corrected chi connectivity index (χ4v) is 5.27. The highest BCUT2D eigenvalue weighted by Crippen LogP contribution is 2.32. The topological polar surface area (TPSA) is 58.2 Å². The van der Waals surface area contributed by atoms with E-state index in [0.717, 1.165) is 34.4 Å². The van der Waals surface area contributed by atoms with Crippen molar-refractivity contribution in [2.75, 3.05) is 17.6 Å². The van der Waals surface area contributed by atoms with Crippen LogP contribution in [0.2, 0.25) is 0 Å². The third-order valence-corrected chi connectivity index (χ3v) is 7.58. The van der Waals surface area contributed by atoms with Crippen molar-refractivity contribution in [1.29, 1.82) is 0 Å². The Bertz CT molecular complexity index is 1570. The maximum absolute atomic E-state index is 13.7. The molecule has 0 saturated heterocycles. The molecular formula is C36H34N2O2S. The van der Waals surface area contributed by atoms with E-state index in [1.165, 1.54) is 16.7 Å². The van der Waals surface area contributed by atoms with Gasteiger partial charge in [0.25, 0.3) is 5.91 Å². The normalized spacial score (nSPS) is 13.0. The Kier molecular flexibility index (Phi) is 9.17. The van der Waals surface area contributed by atoms with E-state index in [0.29, 0.717) is 24.3 Å². The van der Waals surface area contributed by atoms with Crippen molar-refractivity contribution >= 4 is 47.9 Å². The molecule has 0 spiro atoms. The lowest BCUT2D eigenvalue weighted by Gasteiger charge is -2.18. The lowest BCUT2D eigenvalue weighted by molar-refractivity contribution is -0.117. The number of thiol groups is 1. The van der Waals surface area contributed by atoms with Gasteiger partial charge in [0, 0.05) is 23.5 Å². The van der Waals surface area contributed by atoms with Crippen LogP contribution in [0.1, 0.15) is 56.6 Å². The van der Waals surface area contributed by atoms with Crippen molar-refractivity contribution in [3.63, 3.8) is 0 Å². The summed E-state index contributed by atoms with van der Waals surface area (Å²) in [6.07, 6.45) is 7.71. The van der Waals surface area contributed by atoms with Gasteiger partial charge < -0.3 is 10.6 Å². The average Bonchev–Trinajstić information content (AvgIpc) is 3.44. The Labute approximate surface area is 247 Å². The number of rotatable bonds is 10. The van der Waals surface area contributed by atoms with Gasteiger partial charge in [-0.3, -0.25) is 9.59 Å². The highest BCUT2D eigenvalue weighted by Gasteiger charge is 2.22. The number of allylic oxidation sites excluding steroid dienone is 2. The fourth-order valence-electron chi connectivity index (χ4n) is 5.16. The standard InChI is InChI=1S/C36H34N2O2S/c1-2-5-25-8-12-28(13-9-25)34(22-26-10-14-29(15-11-26)35(39)37-20-21-41)36(40)38-33-18-16-27(17-19-33)32-23-30-6-3-4-7-31(30)24-32/h2-19,23,34,41H,20-22,24H2,1H3,(H,37,39)(H,38,40)/b5-2+. The van der Waals surface area contributed by atoms with Crippen molar-refractivity contribution in [3.8, 4) is 0 Å². The second-order valence-electron chi connectivity index (χ2n) is 10.2. The first-order valence-electron chi connectivity index (χ1n) is 13.9. The van der Waals surface area contributed by atoms with E-state index < -0.39 is 5.92 Å².